The van der Waals surface area contributed by atoms with E-state index < -0.39 is 54.1 Å². The lowest BCUT2D eigenvalue weighted by Crippen LogP contribution is -2.59. The molecule has 0 bridgehead atoms. The van der Waals surface area contributed by atoms with Gasteiger partial charge in [0.05, 0.1) is 0 Å². The first-order valence-corrected chi connectivity index (χ1v) is 7.50. The number of carbonyl (C=O) groups excluding carboxylic acids is 4. The molecule has 0 saturated carbocycles. The Morgan fingerprint density at radius 2 is 2.04 bits per heavy atom. The number of epoxide rings is 1. The average molecular weight is 342 g/mol. The fraction of sp³-hybridized carbons (Fsp3) is 0.714. The standard InChI is InChI=1S/C14H18N2O8/c1-6(17)21-5-9-8(22-7(2)18)4-10(23-9)16-12-14(3,24-12)11(19)15-13(16)20/h8-10,12H,4-5H2,1-3H3,(H,15,19,20)/t8-,9+,10+,12+,14+/m0/s1. The Hall–Kier alpha value is -2.20. The number of urea groups is 1. The molecule has 10 nitrogen and oxygen atoms in total. The van der Waals surface area contributed by atoms with Crippen LogP contribution in [0.5, 0.6) is 0 Å². The highest BCUT2D eigenvalue weighted by Gasteiger charge is 2.68. The Labute approximate surface area is 137 Å². The summed E-state index contributed by atoms with van der Waals surface area (Å²) in [5, 5.41) is 2.21. The molecule has 3 rings (SSSR count). The van der Waals surface area contributed by atoms with Crippen molar-refractivity contribution < 1.29 is 38.1 Å². The van der Waals surface area contributed by atoms with Gasteiger partial charge in [-0.2, -0.15) is 0 Å². The first-order chi connectivity index (χ1) is 11.2. The molecule has 24 heavy (non-hydrogen) atoms. The lowest BCUT2D eigenvalue weighted by atomic mass is 10.1. The molecule has 10 heteroatoms. The average Bonchev–Trinajstić information content (AvgIpc) is 3.00. The SMILES string of the molecule is CC(=O)OC[C@H]1O[C@@H](N2C(=O)NC(=O)[C@@]3(C)O[C@@H]23)C[C@@H]1OC(C)=O. The summed E-state index contributed by atoms with van der Waals surface area (Å²) >= 11 is 0. The molecule has 3 fully saturated rings. The first kappa shape index (κ1) is 16.7. The highest BCUT2D eigenvalue weighted by Crippen LogP contribution is 2.44. The number of nitrogens with zero attached hydrogens (tertiary/aromatic N) is 1. The summed E-state index contributed by atoms with van der Waals surface area (Å²) in [4.78, 5) is 47.3. The Morgan fingerprint density at radius 1 is 1.33 bits per heavy atom. The first-order valence-electron chi connectivity index (χ1n) is 7.50. The van der Waals surface area contributed by atoms with Gasteiger partial charge in [-0.3, -0.25) is 24.6 Å². The number of hydrogen-bond acceptors (Lipinski definition) is 8. The maximum absolute atomic E-state index is 12.1. The Morgan fingerprint density at radius 3 is 2.67 bits per heavy atom. The third-order valence-corrected chi connectivity index (χ3v) is 4.19. The van der Waals surface area contributed by atoms with E-state index in [2.05, 4.69) is 5.32 Å². The van der Waals surface area contributed by atoms with Gasteiger partial charge in [0.1, 0.15) is 25.0 Å². The lowest BCUT2D eigenvalue weighted by molar-refractivity contribution is -0.156. The van der Waals surface area contributed by atoms with Crippen molar-refractivity contribution in [1.29, 1.82) is 0 Å². The van der Waals surface area contributed by atoms with Crippen LogP contribution >= 0.6 is 0 Å². The number of fused-ring (bicyclic) bond motifs is 1. The molecule has 0 aliphatic carbocycles. The predicted octanol–water partition coefficient (Wildman–Crippen LogP) is -0.737. The molecule has 0 unspecified atom stereocenters. The van der Waals surface area contributed by atoms with Crippen molar-refractivity contribution in [2.75, 3.05) is 6.61 Å². The van der Waals surface area contributed by atoms with Gasteiger partial charge in [-0.25, -0.2) is 4.79 Å². The molecular weight excluding hydrogens is 324 g/mol. The summed E-state index contributed by atoms with van der Waals surface area (Å²) < 4.78 is 21.2. The van der Waals surface area contributed by atoms with Crippen LogP contribution in [0.3, 0.4) is 0 Å². The second kappa shape index (κ2) is 5.71. The van der Waals surface area contributed by atoms with Gasteiger partial charge in [0.25, 0.3) is 5.91 Å². The summed E-state index contributed by atoms with van der Waals surface area (Å²) in [6.45, 7) is 3.96. The number of imide groups is 1. The predicted molar refractivity (Wildman–Crippen MR) is 74.1 cm³/mol. The second-order valence-corrected chi connectivity index (χ2v) is 6.06. The monoisotopic (exact) mass is 342 g/mol. The number of hydrogen-bond donors (Lipinski definition) is 1. The van der Waals surface area contributed by atoms with E-state index in [4.69, 9.17) is 18.9 Å². The highest BCUT2D eigenvalue weighted by molar-refractivity contribution is 6.03. The summed E-state index contributed by atoms with van der Waals surface area (Å²) in [6.07, 6.45) is -2.70. The van der Waals surface area contributed by atoms with Crippen LogP contribution in [-0.4, -0.2) is 65.6 Å². The minimum atomic E-state index is -1.10. The van der Waals surface area contributed by atoms with Gasteiger partial charge in [0, 0.05) is 20.3 Å². The third-order valence-electron chi connectivity index (χ3n) is 4.19. The minimum absolute atomic E-state index is 0.110. The summed E-state index contributed by atoms with van der Waals surface area (Å²) in [7, 11) is 0. The fourth-order valence-electron chi connectivity index (χ4n) is 2.92. The van der Waals surface area contributed by atoms with Crippen LogP contribution in [0, 0.1) is 0 Å². The zero-order chi connectivity index (χ0) is 17.6. The van der Waals surface area contributed by atoms with E-state index in [-0.39, 0.29) is 13.0 Å². The number of nitrogens with one attached hydrogen (secondary N) is 1. The van der Waals surface area contributed by atoms with Gasteiger partial charge in [-0.15, -0.1) is 0 Å². The van der Waals surface area contributed by atoms with Gasteiger partial charge in [-0.05, 0) is 6.92 Å². The number of carbonyl (C=O) groups is 4. The third kappa shape index (κ3) is 2.82. The molecule has 0 aromatic carbocycles. The molecule has 0 aromatic heterocycles. The number of amides is 3. The normalized spacial score (nSPS) is 37.5. The van der Waals surface area contributed by atoms with Crippen LogP contribution in [0.25, 0.3) is 0 Å². The van der Waals surface area contributed by atoms with E-state index in [0.717, 1.165) is 0 Å². The quantitative estimate of drug-likeness (QED) is 0.523. The van der Waals surface area contributed by atoms with Gasteiger partial charge in [-0.1, -0.05) is 0 Å². The fourth-order valence-corrected chi connectivity index (χ4v) is 2.92. The molecule has 132 valence electrons. The molecule has 0 spiro atoms. The number of rotatable bonds is 4. The van der Waals surface area contributed by atoms with Crippen molar-refractivity contribution >= 4 is 23.9 Å². The summed E-state index contributed by atoms with van der Waals surface area (Å²) in [5.41, 5.74) is -1.10. The van der Waals surface area contributed by atoms with Gasteiger partial charge >= 0.3 is 18.0 Å². The molecule has 3 aliphatic rings. The van der Waals surface area contributed by atoms with Crippen LogP contribution in [0.1, 0.15) is 27.2 Å². The van der Waals surface area contributed by atoms with Crippen molar-refractivity contribution in [3.05, 3.63) is 0 Å². The van der Waals surface area contributed by atoms with E-state index in [1.54, 1.807) is 6.92 Å². The molecule has 0 radical (unpaired) electrons. The molecule has 5 atom stereocenters. The Bertz CT molecular complexity index is 608. The topological polar surface area (TPSA) is 124 Å². The van der Waals surface area contributed by atoms with Gasteiger partial charge in [0.2, 0.25) is 0 Å². The largest absolute Gasteiger partial charge is 0.463 e. The van der Waals surface area contributed by atoms with E-state index in [9.17, 15) is 19.2 Å². The molecule has 3 aliphatic heterocycles. The molecule has 3 heterocycles. The minimum Gasteiger partial charge on any atom is -0.463 e. The zero-order valence-corrected chi connectivity index (χ0v) is 13.4. The van der Waals surface area contributed by atoms with Crippen molar-refractivity contribution in [3.8, 4) is 0 Å². The molecular formula is C14H18N2O8. The van der Waals surface area contributed by atoms with Crippen molar-refractivity contribution in [1.82, 2.24) is 10.2 Å². The lowest BCUT2D eigenvalue weighted by Gasteiger charge is -2.30. The van der Waals surface area contributed by atoms with Crippen molar-refractivity contribution in [2.45, 2.75) is 57.5 Å². The van der Waals surface area contributed by atoms with Crippen LogP contribution < -0.4 is 5.32 Å². The smallest absolute Gasteiger partial charge is 0.328 e. The summed E-state index contributed by atoms with van der Waals surface area (Å²) in [5.74, 6) is -1.51. The van der Waals surface area contributed by atoms with Crippen LogP contribution in [0.15, 0.2) is 0 Å². The maximum atomic E-state index is 12.1. The van der Waals surface area contributed by atoms with Gasteiger partial charge < -0.3 is 18.9 Å². The van der Waals surface area contributed by atoms with Crippen LogP contribution in [0.4, 0.5) is 4.79 Å². The summed E-state index contributed by atoms with van der Waals surface area (Å²) in [6, 6.07) is -0.639. The maximum Gasteiger partial charge on any atom is 0.328 e. The number of esters is 2. The molecule has 3 saturated heterocycles. The Balaban J connectivity index is 1.72. The molecule has 0 aromatic rings. The van der Waals surface area contributed by atoms with Crippen molar-refractivity contribution in [3.63, 3.8) is 0 Å². The molecule has 1 N–H and O–H groups in total. The zero-order valence-electron chi connectivity index (χ0n) is 13.4. The van der Waals surface area contributed by atoms with E-state index in [0.29, 0.717) is 0 Å². The second-order valence-electron chi connectivity index (χ2n) is 6.06. The van der Waals surface area contributed by atoms with E-state index in [1.165, 1.54) is 18.7 Å². The number of ether oxygens (including phenoxy) is 4. The molecule has 3 amide bonds. The van der Waals surface area contributed by atoms with E-state index >= 15 is 0 Å². The van der Waals surface area contributed by atoms with Crippen LogP contribution in [-0.2, 0) is 33.3 Å². The van der Waals surface area contributed by atoms with Crippen molar-refractivity contribution in [2.24, 2.45) is 0 Å². The highest BCUT2D eigenvalue weighted by atomic mass is 16.7. The van der Waals surface area contributed by atoms with Gasteiger partial charge in [0.15, 0.2) is 11.8 Å². The Kier molecular flexibility index (Phi) is 3.96. The van der Waals surface area contributed by atoms with Crippen LogP contribution in [0.2, 0.25) is 0 Å². The van der Waals surface area contributed by atoms with E-state index in [1.807, 2.05) is 0 Å².